The fraction of sp³-hybridized carbons (Fsp3) is 0.417. The molecule has 0 unspecified atom stereocenters. The molecule has 1 aliphatic rings. The number of likely N-dealkylation sites (tertiary alicyclic amines) is 1. The van der Waals surface area contributed by atoms with Crippen molar-refractivity contribution in [2.75, 3.05) is 25.0 Å². The summed E-state index contributed by atoms with van der Waals surface area (Å²) in [7, 11) is 0. The van der Waals surface area contributed by atoms with Crippen molar-refractivity contribution in [1.82, 2.24) is 4.90 Å². The van der Waals surface area contributed by atoms with Gasteiger partial charge in [-0.25, -0.2) is 0 Å². The second-order valence-electron chi connectivity index (χ2n) is 4.43. The maximum Gasteiger partial charge on any atom is 0.238 e. The molecular weight excluding hydrogens is 309 g/mol. The number of hydrogen-bond donors (Lipinski definition) is 2. The van der Waals surface area contributed by atoms with Gasteiger partial charge >= 0.3 is 0 Å². The third kappa shape index (κ3) is 4.51. The third-order valence-electron chi connectivity index (χ3n) is 2.90. The highest BCUT2D eigenvalue weighted by Crippen LogP contribution is 2.29. The van der Waals surface area contributed by atoms with Crippen LogP contribution in [0.3, 0.4) is 0 Å². The number of halogens is 3. The van der Waals surface area contributed by atoms with E-state index in [0.29, 0.717) is 22.3 Å². The predicted octanol–water partition coefficient (Wildman–Crippen LogP) is 2.39. The van der Waals surface area contributed by atoms with E-state index in [1.807, 2.05) is 4.90 Å². The summed E-state index contributed by atoms with van der Waals surface area (Å²) in [6, 6.07) is 5.32. The van der Waals surface area contributed by atoms with Gasteiger partial charge in [0.15, 0.2) is 0 Å². The van der Waals surface area contributed by atoms with E-state index in [0.717, 1.165) is 19.5 Å². The number of rotatable bonds is 3. The van der Waals surface area contributed by atoms with Gasteiger partial charge in [0.25, 0.3) is 0 Å². The van der Waals surface area contributed by atoms with Gasteiger partial charge in [-0.05, 0) is 18.6 Å². The zero-order valence-electron chi connectivity index (χ0n) is 10.2. The Balaban J connectivity index is 0.00000180. The number of nitrogens with two attached hydrogens (primary N) is 1. The molecule has 1 aromatic carbocycles. The lowest BCUT2D eigenvalue weighted by Crippen LogP contribution is -2.33. The molecule has 0 saturated carbocycles. The number of carbonyl (C=O) groups excluding carboxylic acids is 1. The lowest BCUT2D eigenvalue weighted by molar-refractivity contribution is -0.117. The summed E-state index contributed by atoms with van der Waals surface area (Å²) in [6.45, 7) is 1.95. The van der Waals surface area contributed by atoms with E-state index in [-0.39, 0.29) is 24.4 Å². The number of benzene rings is 1. The number of amides is 1. The molecule has 1 aromatic rings. The SMILES string of the molecule is Cl.N[C@H]1CCN(CC(=O)Nc2cccc(Cl)c2Cl)C1. The van der Waals surface area contributed by atoms with Crippen LogP contribution in [0, 0.1) is 0 Å². The summed E-state index contributed by atoms with van der Waals surface area (Å²) in [5, 5.41) is 3.55. The molecule has 0 bridgehead atoms. The van der Waals surface area contributed by atoms with Crippen LogP contribution in [0.5, 0.6) is 0 Å². The van der Waals surface area contributed by atoms with Crippen LogP contribution in [-0.4, -0.2) is 36.5 Å². The van der Waals surface area contributed by atoms with Crippen molar-refractivity contribution in [3.05, 3.63) is 28.2 Å². The fourth-order valence-electron chi connectivity index (χ4n) is 2.00. The Kier molecular flexibility index (Phi) is 6.36. The molecule has 0 radical (unpaired) electrons. The van der Waals surface area contributed by atoms with Gasteiger partial charge in [-0.2, -0.15) is 0 Å². The summed E-state index contributed by atoms with van der Waals surface area (Å²) in [4.78, 5) is 13.9. The molecule has 1 aliphatic heterocycles. The van der Waals surface area contributed by atoms with Gasteiger partial charge in [0.2, 0.25) is 5.91 Å². The molecule has 0 aliphatic carbocycles. The molecule has 1 saturated heterocycles. The van der Waals surface area contributed by atoms with E-state index in [2.05, 4.69) is 5.32 Å². The fourth-order valence-corrected chi connectivity index (χ4v) is 2.35. The molecule has 2 rings (SSSR count). The molecule has 106 valence electrons. The van der Waals surface area contributed by atoms with Gasteiger partial charge < -0.3 is 11.1 Å². The Labute approximate surface area is 128 Å². The van der Waals surface area contributed by atoms with Crippen molar-refractivity contribution >= 4 is 47.2 Å². The first kappa shape index (κ1) is 16.5. The van der Waals surface area contributed by atoms with E-state index in [1.165, 1.54) is 0 Å². The smallest absolute Gasteiger partial charge is 0.238 e. The van der Waals surface area contributed by atoms with Crippen LogP contribution in [0.25, 0.3) is 0 Å². The number of nitrogens with zero attached hydrogens (tertiary/aromatic N) is 1. The van der Waals surface area contributed by atoms with E-state index < -0.39 is 0 Å². The Morgan fingerprint density at radius 3 is 2.84 bits per heavy atom. The van der Waals surface area contributed by atoms with E-state index in [9.17, 15) is 4.79 Å². The topological polar surface area (TPSA) is 58.4 Å². The first-order valence-corrected chi connectivity index (χ1v) is 6.53. The Morgan fingerprint density at radius 1 is 1.47 bits per heavy atom. The standard InChI is InChI=1S/C12H15Cl2N3O.ClH/c13-9-2-1-3-10(12(9)14)16-11(18)7-17-5-4-8(15)6-17;/h1-3,8H,4-7,15H2,(H,16,18);1H/t8-;/m0./s1. The highest BCUT2D eigenvalue weighted by Gasteiger charge is 2.21. The number of anilines is 1. The summed E-state index contributed by atoms with van der Waals surface area (Å²) < 4.78 is 0. The molecule has 1 heterocycles. The summed E-state index contributed by atoms with van der Waals surface area (Å²) in [6.07, 6.45) is 0.936. The second kappa shape index (κ2) is 7.31. The van der Waals surface area contributed by atoms with Crippen LogP contribution >= 0.6 is 35.6 Å². The Hall–Kier alpha value is -0.520. The average Bonchev–Trinajstić information content (AvgIpc) is 2.70. The molecule has 3 N–H and O–H groups in total. The second-order valence-corrected chi connectivity index (χ2v) is 5.22. The lowest BCUT2D eigenvalue weighted by Gasteiger charge is -2.15. The van der Waals surface area contributed by atoms with Gasteiger partial charge in [0.05, 0.1) is 22.3 Å². The van der Waals surface area contributed by atoms with Crippen LogP contribution in [0.2, 0.25) is 10.0 Å². The summed E-state index contributed by atoms with van der Waals surface area (Å²) in [5.41, 5.74) is 6.32. The van der Waals surface area contributed by atoms with Crippen molar-refractivity contribution in [1.29, 1.82) is 0 Å². The van der Waals surface area contributed by atoms with E-state index in [1.54, 1.807) is 18.2 Å². The normalized spacial score (nSPS) is 19.0. The number of carbonyl (C=O) groups is 1. The minimum atomic E-state index is -0.103. The highest BCUT2D eigenvalue weighted by atomic mass is 35.5. The molecule has 1 atom stereocenters. The van der Waals surface area contributed by atoms with Crippen molar-refractivity contribution in [3.63, 3.8) is 0 Å². The van der Waals surface area contributed by atoms with Crippen LogP contribution in [-0.2, 0) is 4.79 Å². The molecule has 1 fully saturated rings. The van der Waals surface area contributed by atoms with Crippen LogP contribution in [0.4, 0.5) is 5.69 Å². The van der Waals surface area contributed by atoms with E-state index in [4.69, 9.17) is 28.9 Å². The molecule has 0 aromatic heterocycles. The van der Waals surface area contributed by atoms with Crippen molar-refractivity contribution < 1.29 is 4.79 Å². The minimum Gasteiger partial charge on any atom is -0.326 e. The number of hydrogen-bond acceptors (Lipinski definition) is 3. The van der Waals surface area contributed by atoms with Crippen LogP contribution in [0.15, 0.2) is 18.2 Å². The number of nitrogens with one attached hydrogen (secondary N) is 1. The van der Waals surface area contributed by atoms with Crippen molar-refractivity contribution in [2.45, 2.75) is 12.5 Å². The van der Waals surface area contributed by atoms with Crippen LogP contribution in [0.1, 0.15) is 6.42 Å². The molecule has 7 heteroatoms. The van der Waals surface area contributed by atoms with Crippen molar-refractivity contribution in [3.8, 4) is 0 Å². The highest BCUT2D eigenvalue weighted by molar-refractivity contribution is 6.43. The van der Waals surface area contributed by atoms with Gasteiger partial charge in [0.1, 0.15) is 0 Å². The maximum atomic E-state index is 11.8. The molecule has 0 spiro atoms. The molecule has 1 amide bonds. The third-order valence-corrected chi connectivity index (χ3v) is 3.72. The molecular formula is C12H16Cl3N3O. The van der Waals surface area contributed by atoms with Gasteiger partial charge in [-0.1, -0.05) is 29.3 Å². The van der Waals surface area contributed by atoms with Gasteiger partial charge in [0, 0.05) is 19.1 Å². The first-order valence-electron chi connectivity index (χ1n) is 5.78. The van der Waals surface area contributed by atoms with Crippen molar-refractivity contribution in [2.24, 2.45) is 5.73 Å². The largest absolute Gasteiger partial charge is 0.326 e. The van der Waals surface area contributed by atoms with Gasteiger partial charge in [-0.15, -0.1) is 12.4 Å². The zero-order chi connectivity index (χ0) is 13.1. The quantitative estimate of drug-likeness (QED) is 0.897. The predicted molar refractivity (Wildman–Crippen MR) is 81.4 cm³/mol. The minimum absolute atomic E-state index is 0. The zero-order valence-corrected chi connectivity index (χ0v) is 12.6. The maximum absolute atomic E-state index is 11.8. The lowest BCUT2D eigenvalue weighted by atomic mass is 10.3. The van der Waals surface area contributed by atoms with Crippen LogP contribution < -0.4 is 11.1 Å². The summed E-state index contributed by atoms with van der Waals surface area (Å²) >= 11 is 11.9. The Bertz CT molecular complexity index is 456. The first-order chi connectivity index (χ1) is 8.56. The Morgan fingerprint density at radius 2 is 2.21 bits per heavy atom. The monoisotopic (exact) mass is 323 g/mol. The summed E-state index contributed by atoms with van der Waals surface area (Å²) in [5.74, 6) is -0.103. The van der Waals surface area contributed by atoms with Gasteiger partial charge in [-0.3, -0.25) is 9.69 Å². The average molecular weight is 325 g/mol. The molecule has 4 nitrogen and oxygen atoms in total. The molecule has 19 heavy (non-hydrogen) atoms. The van der Waals surface area contributed by atoms with E-state index >= 15 is 0 Å².